The van der Waals surface area contributed by atoms with Crippen molar-refractivity contribution in [1.29, 1.82) is 0 Å². The van der Waals surface area contributed by atoms with E-state index in [0.717, 1.165) is 44.1 Å². The van der Waals surface area contributed by atoms with Crippen molar-refractivity contribution in [2.24, 2.45) is 50.7 Å². The molecule has 11 nitrogen and oxygen atoms in total. The van der Waals surface area contributed by atoms with Crippen molar-refractivity contribution >= 4 is 23.8 Å². The van der Waals surface area contributed by atoms with Crippen molar-refractivity contribution < 1.29 is 42.6 Å². The van der Waals surface area contributed by atoms with E-state index in [1.54, 1.807) is 6.92 Å². The van der Waals surface area contributed by atoms with Gasteiger partial charge in [0.15, 0.2) is 23.9 Å². The van der Waals surface area contributed by atoms with Crippen molar-refractivity contribution in [3.05, 3.63) is 33.8 Å². The van der Waals surface area contributed by atoms with E-state index >= 15 is 0 Å². The normalized spacial score (nSPS) is 43.7. The maximum absolute atomic E-state index is 14.8. The van der Waals surface area contributed by atoms with Crippen LogP contribution in [0, 0.1) is 57.7 Å². The van der Waals surface area contributed by atoms with Gasteiger partial charge >= 0.3 is 23.9 Å². The Hall–Kier alpha value is -3.37. The van der Waals surface area contributed by atoms with Gasteiger partial charge in [-0.3, -0.25) is 14.4 Å². The quantitative estimate of drug-likeness (QED) is 0.300. The highest BCUT2D eigenvalue weighted by molar-refractivity contribution is 5.96. The van der Waals surface area contributed by atoms with Crippen LogP contribution < -0.4 is 11.1 Å². The van der Waals surface area contributed by atoms with Gasteiger partial charge in [0.1, 0.15) is 6.10 Å². The molecular weight excluding hydrogens is 642 g/mol. The molecule has 1 aromatic rings. The summed E-state index contributed by atoms with van der Waals surface area (Å²) in [5.41, 5.74) is -2.02. The van der Waals surface area contributed by atoms with Crippen LogP contribution in [0.2, 0.25) is 0 Å². The lowest BCUT2D eigenvalue weighted by atomic mass is 9.34. The van der Waals surface area contributed by atoms with Gasteiger partial charge in [0.25, 0.3) is 0 Å². The van der Waals surface area contributed by atoms with Crippen LogP contribution in [0.1, 0.15) is 124 Å². The molecular formula is C39H53NO10. The molecule has 50 heavy (non-hydrogen) atoms. The summed E-state index contributed by atoms with van der Waals surface area (Å²) in [7, 11) is 0. The molecule has 6 aliphatic carbocycles. The Balaban J connectivity index is 1.23. The molecule has 1 heterocycles. The van der Waals surface area contributed by atoms with Crippen LogP contribution in [0.4, 0.5) is 4.79 Å². The maximum atomic E-state index is 14.8. The molecule has 0 saturated heterocycles. The van der Waals surface area contributed by atoms with Crippen LogP contribution in [0.5, 0.6) is 0 Å². The van der Waals surface area contributed by atoms with Gasteiger partial charge in [0, 0.05) is 5.92 Å². The fraction of sp³-hybridized carbons (Fsp3) is 0.769. The molecule has 7 rings (SSSR count). The number of esters is 1. The number of nitrogens with one attached hydrogen (secondary N) is 1. The largest absolute Gasteiger partial charge is 0.519 e. The Labute approximate surface area is 293 Å². The number of carboxylic acids is 1. The molecule has 0 radical (unpaired) electrons. The van der Waals surface area contributed by atoms with E-state index in [0.29, 0.717) is 32.1 Å². The highest BCUT2D eigenvalue weighted by Gasteiger charge is 2.71. The fourth-order valence-corrected chi connectivity index (χ4v) is 11.8. The van der Waals surface area contributed by atoms with Gasteiger partial charge in [-0.05, 0) is 131 Å². The number of aryl methyl sites for hydroxylation is 1. The molecule has 274 valence electrons. The van der Waals surface area contributed by atoms with Crippen molar-refractivity contribution in [3.8, 4) is 0 Å². The molecule has 5 saturated carbocycles. The predicted molar refractivity (Wildman–Crippen MR) is 180 cm³/mol. The highest BCUT2D eigenvalue weighted by Crippen LogP contribution is 2.74. The summed E-state index contributed by atoms with van der Waals surface area (Å²) in [5.74, 6) is -2.14. The monoisotopic (exact) mass is 695 g/mol. The van der Waals surface area contributed by atoms with Gasteiger partial charge in [-0.15, -0.1) is 0 Å². The lowest BCUT2D eigenvalue weighted by molar-refractivity contribution is -0.201. The molecule has 0 aromatic carbocycles. The number of fused-ring (bicyclic) bond motifs is 7. The zero-order valence-electron chi connectivity index (χ0n) is 30.6. The zero-order chi connectivity index (χ0) is 36.2. The second-order valence-electron chi connectivity index (χ2n) is 18.2. The van der Waals surface area contributed by atoms with E-state index in [1.165, 1.54) is 0 Å². The van der Waals surface area contributed by atoms with Gasteiger partial charge in [-0.25, -0.2) is 9.59 Å². The third-order valence-corrected chi connectivity index (χ3v) is 15.4. The third kappa shape index (κ3) is 5.06. The third-order valence-electron chi connectivity index (χ3n) is 15.4. The summed E-state index contributed by atoms with van der Waals surface area (Å²) in [4.78, 5) is 65.4. The summed E-state index contributed by atoms with van der Waals surface area (Å²) < 4.78 is 21.7. The Morgan fingerprint density at radius 3 is 2.26 bits per heavy atom. The van der Waals surface area contributed by atoms with Crippen LogP contribution in [0.15, 0.2) is 25.3 Å². The van der Waals surface area contributed by atoms with Crippen LogP contribution in [-0.2, 0) is 30.5 Å². The second-order valence-corrected chi connectivity index (χ2v) is 18.2. The first-order chi connectivity index (χ1) is 23.3. The van der Waals surface area contributed by atoms with E-state index in [-0.39, 0.29) is 64.4 Å². The standard InChI is InChI=1S/C39H53NO10/c1-21-26(49-33(46)48-21)20-47-32(45)40-39(7)27-10-13-38(6)29(36(27,4)12-11-28(39)50-30(42)22-8-9-22)25(41)18-23-24-19-35(3,31(43)44)15-14-34(24,2)16-17-37(23,38)5/h18,22,24,27-29H,8-17,19-20H2,1-7H3,(H,40,45)(H,43,44)/t24-,27+,28-,29+,34+,35-,36-,37+,38+,39-/m0/s1. The summed E-state index contributed by atoms with van der Waals surface area (Å²) in [6, 6.07) is 0. The number of alkyl carbamates (subject to hydrolysis) is 1. The van der Waals surface area contributed by atoms with Crippen LogP contribution >= 0.6 is 0 Å². The minimum Gasteiger partial charge on any atom is -0.481 e. The number of aliphatic carboxylic acids is 1. The van der Waals surface area contributed by atoms with Gasteiger partial charge in [-0.2, -0.15) is 0 Å². The summed E-state index contributed by atoms with van der Waals surface area (Å²) >= 11 is 0. The lowest BCUT2D eigenvalue weighted by Gasteiger charge is -2.70. The topological polar surface area (TPSA) is 162 Å². The van der Waals surface area contributed by atoms with Crippen LogP contribution in [0.25, 0.3) is 0 Å². The molecule has 1 amide bonds. The van der Waals surface area contributed by atoms with Crippen molar-refractivity contribution in [1.82, 2.24) is 5.32 Å². The SMILES string of the molecule is Cc1oc(=O)oc1COC(=O)N[C@]1(C)[C@@H](OC(=O)C2CC2)CC[C@@]2(C)[C@H]1CC[C@]1(C)[C@@H]2C(=O)C=C2[C@@H]3C[C@@](C)(C(=O)O)CC[C@]3(C)CC[C@]21C. The molecule has 10 atom stereocenters. The Morgan fingerprint density at radius 1 is 0.920 bits per heavy atom. The molecule has 0 unspecified atom stereocenters. The average Bonchev–Trinajstić information content (AvgIpc) is 3.83. The number of allylic oxidation sites excluding steroid dienone is 2. The molecule has 2 N–H and O–H groups in total. The van der Waals surface area contributed by atoms with Crippen molar-refractivity contribution in [2.75, 3.05) is 0 Å². The molecule has 0 aliphatic heterocycles. The van der Waals surface area contributed by atoms with Gasteiger partial charge < -0.3 is 28.7 Å². The van der Waals surface area contributed by atoms with E-state index in [1.807, 2.05) is 19.9 Å². The van der Waals surface area contributed by atoms with E-state index < -0.39 is 45.8 Å². The Morgan fingerprint density at radius 2 is 1.62 bits per heavy atom. The number of ether oxygens (including phenoxy) is 2. The Bertz CT molecular complexity index is 1720. The number of rotatable bonds is 6. The first kappa shape index (κ1) is 35.1. The van der Waals surface area contributed by atoms with Crippen LogP contribution in [-0.4, -0.2) is 40.6 Å². The Kier molecular flexibility index (Phi) is 7.93. The number of carboxylic acid groups (broad SMARTS) is 1. The second kappa shape index (κ2) is 11.3. The number of ketones is 1. The summed E-state index contributed by atoms with van der Waals surface area (Å²) in [5, 5.41) is 13.3. The zero-order valence-corrected chi connectivity index (χ0v) is 30.6. The van der Waals surface area contributed by atoms with Gasteiger partial charge in [-0.1, -0.05) is 33.3 Å². The first-order valence-corrected chi connectivity index (χ1v) is 18.5. The van der Waals surface area contributed by atoms with E-state index in [2.05, 4.69) is 33.0 Å². The maximum Gasteiger partial charge on any atom is 0.519 e. The molecule has 5 fully saturated rings. The minimum atomic E-state index is -1.05. The number of amides is 1. The minimum absolute atomic E-state index is 0.0194. The first-order valence-electron chi connectivity index (χ1n) is 18.5. The molecule has 11 heteroatoms. The van der Waals surface area contributed by atoms with Crippen molar-refractivity contribution in [3.63, 3.8) is 0 Å². The molecule has 1 aromatic heterocycles. The number of carbonyl (C=O) groups excluding carboxylic acids is 3. The highest BCUT2D eigenvalue weighted by atomic mass is 16.6. The molecule has 0 bridgehead atoms. The predicted octanol–water partition coefficient (Wildman–Crippen LogP) is 6.89. The van der Waals surface area contributed by atoms with Crippen molar-refractivity contribution in [2.45, 2.75) is 137 Å². The average molecular weight is 696 g/mol. The van der Waals surface area contributed by atoms with Gasteiger partial charge in [0.05, 0.1) is 16.9 Å². The van der Waals surface area contributed by atoms with E-state index in [9.17, 15) is 29.1 Å². The summed E-state index contributed by atoms with van der Waals surface area (Å²) in [6.45, 7) is 14.1. The molecule has 6 aliphatic rings. The summed E-state index contributed by atoms with van der Waals surface area (Å²) in [6.07, 6.45) is 8.61. The smallest absolute Gasteiger partial charge is 0.481 e. The van der Waals surface area contributed by atoms with E-state index in [4.69, 9.17) is 18.3 Å². The van der Waals surface area contributed by atoms with Gasteiger partial charge in [0.2, 0.25) is 0 Å². The fourth-order valence-electron chi connectivity index (χ4n) is 11.8. The lowest BCUT2D eigenvalue weighted by Crippen LogP contribution is -2.72. The number of carbonyl (C=O) groups is 4. The molecule has 0 spiro atoms. The van der Waals surface area contributed by atoms with Crippen LogP contribution in [0.3, 0.4) is 0 Å². The number of hydrogen-bond donors (Lipinski definition) is 2. The number of hydrogen-bond acceptors (Lipinski definition) is 9.